The zero-order valence-electron chi connectivity index (χ0n) is 18.0. The predicted molar refractivity (Wildman–Crippen MR) is 131 cm³/mol. The van der Waals surface area contributed by atoms with Gasteiger partial charge in [0.2, 0.25) is 0 Å². The van der Waals surface area contributed by atoms with Gasteiger partial charge in [0.05, 0.1) is 12.0 Å². The number of hydrogen-bond acceptors (Lipinski definition) is 4. The number of methoxy groups -OCH3 is 1. The van der Waals surface area contributed by atoms with Crippen LogP contribution in [0.5, 0.6) is 11.5 Å². The summed E-state index contributed by atoms with van der Waals surface area (Å²) >= 11 is 1.80. The summed E-state index contributed by atoms with van der Waals surface area (Å²) < 4.78 is 11.6. The molecule has 0 aliphatic carbocycles. The second kappa shape index (κ2) is 9.41. The van der Waals surface area contributed by atoms with Gasteiger partial charge in [-0.1, -0.05) is 72.4 Å². The molecule has 4 aromatic rings. The van der Waals surface area contributed by atoms with E-state index in [1.807, 2.05) is 30.3 Å². The molecule has 0 unspecified atom stereocenters. The summed E-state index contributed by atoms with van der Waals surface area (Å²) in [5, 5.41) is 3.65. The molecule has 1 aliphatic heterocycles. The lowest BCUT2D eigenvalue weighted by Crippen LogP contribution is -2.09. The van der Waals surface area contributed by atoms with Crippen molar-refractivity contribution in [3.8, 4) is 11.5 Å². The van der Waals surface area contributed by atoms with E-state index >= 15 is 0 Å². The molecule has 0 spiro atoms. The van der Waals surface area contributed by atoms with E-state index in [1.165, 1.54) is 32.0 Å². The predicted octanol–water partition coefficient (Wildman–Crippen LogP) is 6.94. The van der Waals surface area contributed by atoms with Gasteiger partial charge in [-0.25, -0.2) is 0 Å². The van der Waals surface area contributed by atoms with E-state index in [1.54, 1.807) is 18.9 Å². The van der Waals surface area contributed by atoms with Gasteiger partial charge in [0.25, 0.3) is 0 Å². The molecule has 0 amide bonds. The van der Waals surface area contributed by atoms with Crippen molar-refractivity contribution in [2.75, 3.05) is 12.4 Å². The maximum Gasteiger partial charge on any atom is 0.134 e. The summed E-state index contributed by atoms with van der Waals surface area (Å²) in [6.45, 7) is 1.32. The third-order valence-electron chi connectivity index (χ3n) is 5.66. The van der Waals surface area contributed by atoms with Crippen LogP contribution in [0.3, 0.4) is 0 Å². The molecular weight excluding hydrogens is 414 g/mol. The van der Waals surface area contributed by atoms with Crippen LogP contribution in [0.1, 0.15) is 22.3 Å². The molecule has 0 aromatic heterocycles. The maximum absolute atomic E-state index is 6.29. The van der Waals surface area contributed by atoms with Crippen molar-refractivity contribution in [1.29, 1.82) is 0 Å². The summed E-state index contributed by atoms with van der Waals surface area (Å²) in [5.41, 5.74) is 6.20. The van der Waals surface area contributed by atoms with Crippen LogP contribution < -0.4 is 14.8 Å². The molecule has 0 atom stereocenters. The van der Waals surface area contributed by atoms with Crippen molar-refractivity contribution in [3.63, 3.8) is 0 Å². The second-order valence-electron chi connectivity index (χ2n) is 7.78. The summed E-state index contributed by atoms with van der Waals surface area (Å²) in [6.07, 6.45) is 0.895. The van der Waals surface area contributed by atoms with Crippen LogP contribution in [0.4, 0.5) is 5.69 Å². The Bertz CT molecular complexity index is 1210. The molecule has 0 saturated heterocycles. The van der Waals surface area contributed by atoms with E-state index in [9.17, 15) is 0 Å². The Morgan fingerprint density at radius 1 is 0.812 bits per heavy atom. The van der Waals surface area contributed by atoms with E-state index in [4.69, 9.17) is 9.47 Å². The standard InChI is InChI=1S/C28H25NO2S/c1-30-23-13-11-20(12-14-23)18-29-25-15-16-26(31-19-21-7-3-2-4-8-21)28-24(25)17-22-9-5-6-10-27(22)32-28/h2-16,29H,17-19H2,1H3. The first-order chi connectivity index (χ1) is 15.8. The van der Waals surface area contributed by atoms with Gasteiger partial charge in [0, 0.05) is 23.5 Å². The largest absolute Gasteiger partial charge is 0.497 e. The van der Waals surface area contributed by atoms with Gasteiger partial charge < -0.3 is 14.8 Å². The van der Waals surface area contributed by atoms with Crippen LogP contribution in [0.2, 0.25) is 0 Å². The van der Waals surface area contributed by atoms with Gasteiger partial charge >= 0.3 is 0 Å². The zero-order valence-corrected chi connectivity index (χ0v) is 18.8. The third-order valence-corrected chi connectivity index (χ3v) is 6.93. The van der Waals surface area contributed by atoms with E-state index < -0.39 is 0 Å². The molecule has 0 fully saturated rings. The van der Waals surface area contributed by atoms with E-state index in [0.29, 0.717) is 6.61 Å². The average molecular weight is 440 g/mol. The summed E-state index contributed by atoms with van der Waals surface area (Å²) in [4.78, 5) is 2.51. The molecule has 0 bridgehead atoms. The highest BCUT2D eigenvalue weighted by Gasteiger charge is 2.22. The van der Waals surface area contributed by atoms with Crippen LogP contribution in [0, 0.1) is 0 Å². The number of hydrogen-bond donors (Lipinski definition) is 1. The van der Waals surface area contributed by atoms with E-state index in [0.717, 1.165) is 30.2 Å². The topological polar surface area (TPSA) is 30.5 Å². The number of ether oxygens (including phenoxy) is 2. The first-order valence-corrected chi connectivity index (χ1v) is 11.6. The lowest BCUT2D eigenvalue weighted by atomic mass is 10.0. The fraction of sp³-hybridized carbons (Fsp3) is 0.143. The Morgan fingerprint density at radius 2 is 1.59 bits per heavy atom. The van der Waals surface area contributed by atoms with E-state index in [-0.39, 0.29) is 0 Å². The van der Waals surface area contributed by atoms with Crippen molar-refractivity contribution < 1.29 is 9.47 Å². The van der Waals surface area contributed by atoms with Gasteiger partial charge in [0.1, 0.15) is 18.1 Å². The van der Waals surface area contributed by atoms with Crippen LogP contribution in [-0.4, -0.2) is 7.11 Å². The summed E-state index contributed by atoms with van der Waals surface area (Å²) in [5.74, 6) is 1.82. The van der Waals surface area contributed by atoms with Crippen LogP contribution in [0.25, 0.3) is 0 Å². The first kappa shape index (κ1) is 20.5. The Morgan fingerprint density at radius 3 is 2.41 bits per heavy atom. The summed E-state index contributed by atoms with van der Waals surface area (Å²) in [6, 6.07) is 31.4. The normalized spacial score (nSPS) is 11.9. The number of rotatable bonds is 7. The minimum Gasteiger partial charge on any atom is -0.497 e. The SMILES string of the molecule is COc1ccc(CNc2ccc(OCc3ccccc3)c3c2Cc2ccccc2S3)cc1. The third kappa shape index (κ3) is 4.46. The molecule has 1 aliphatic rings. The monoisotopic (exact) mass is 439 g/mol. The lowest BCUT2D eigenvalue weighted by Gasteiger charge is -2.25. The quantitative estimate of drug-likeness (QED) is 0.297. The van der Waals surface area contributed by atoms with Crippen molar-refractivity contribution >= 4 is 17.4 Å². The van der Waals surface area contributed by atoms with Gasteiger partial charge in [-0.3, -0.25) is 0 Å². The molecule has 1 N–H and O–H groups in total. The molecule has 160 valence electrons. The molecule has 4 heteroatoms. The van der Waals surface area contributed by atoms with Crippen molar-refractivity contribution in [2.24, 2.45) is 0 Å². The van der Waals surface area contributed by atoms with Crippen molar-refractivity contribution in [3.05, 3.63) is 113 Å². The van der Waals surface area contributed by atoms with Crippen molar-refractivity contribution in [2.45, 2.75) is 29.4 Å². The number of nitrogens with one attached hydrogen (secondary N) is 1. The van der Waals surface area contributed by atoms with Gasteiger partial charge in [-0.15, -0.1) is 0 Å². The highest BCUT2D eigenvalue weighted by molar-refractivity contribution is 7.99. The second-order valence-corrected chi connectivity index (χ2v) is 8.83. The Balaban J connectivity index is 1.41. The fourth-order valence-electron chi connectivity index (χ4n) is 3.90. The number of anilines is 1. The molecule has 1 heterocycles. The molecule has 0 saturated carbocycles. The smallest absolute Gasteiger partial charge is 0.134 e. The molecule has 0 radical (unpaired) electrons. The van der Waals surface area contributed by atoms with Crippen LogP contribution in [0.15, 0.2) is 101 Å². The minimum absolute atomic E-state index is 0.564. The zero-order chi connectivity index (χ0) is 21.8. The lowest BCUT2D eigenvalue weighted by molar-refractivity contribution is 0.298. The minimum atomic E-state index is 0.564. The fourth-order valence-corrected chi connectivity index (χ4v) is 5.07. The summed E-state index contributed by atoms with van der Waals surface area (Å²) in [7, 11) is 1.69. The Kier molecular flexibility index (Phi) is 6.04. The average Bonchev–Trinajstić information content (AvgIpc) is 2.86. The molecule has 32 heavy (non-hydrogen) atoms. The van der Waals surface area contributed by atoms with Crippen molar-refractivity contribution in [1.82, 2.24) is 0 Å². The Hall–Kier alpha value is -3.37. The van der Waals surface area contributed by atoms with Gasteiger partial charge in [0.15, 0.2) is 0 Å². The number of benzene rings is 4. The maximum atomic E-state index is 6.29. The van der Waals surface area contributed by atoms with Crippen LogP contribution >= 0.6 is 11.8 Å². The highest BCUT2D eigenvalue weighted by Crippen LogP contribution is 2.47. The first-order valence-electron chi connectivity index (χ1n) is 10.8. The molecule has 4 aromatic carbocycles. The molecule has 3 nitrogen and oxygen atoms in total. The number of fused-ring (bicyclic) bond motifs is 2. The Labute approximate surface area is 193 Å². The van der Waals surface area contributed by atoms with Gasteiger partial charge in [-0.2, -0.15) is 0 Å². The molecular formula is C28H25NO2S. The molecule has 5 rings (SSSR count). The van der Waals surface area contributed by atoms with Gasteiger partial charge in [-0.05, 0) is 52.6 Å². The van der Waals surface area contributed by atoms with Crippen LogP contribution in [-0.2, 0) is 19.6 Å². The van der Waals surface area contributed by atoms with E-state index in [2.05, 4.69) is 66.0 Å². The highest BCUT2D eigenvalue weighted by atomic mass is 32.2.